The Balaban J connectivity index is 2.23. The van der Waals surface area contributed by atoms with E-state index in [9.17, 15) is 12.8 Å². The number of nitrogens with zero attached hydrogens (tertiary/aromatic N) is 2. The lowest BCUT2D eigenvalue weighted by atomic mass is 10.0. The van der Waals surface area contributed by atoms with Crippen molar-refractivity contribution >= 4 is 10.0 Å². The van der Waals surface area contributed by atoms with Crippen molar-refractivity contribution in [3.8, 4) is 6.07 Å². The number of aryl methyl sites for hydroxylation is 1. The van der Waals surface area contributed by atoms with Crippen LogP contribution in [0.1, 0.15) is 18.4 Å². The van der Waals surface area contributed by atoms with Crippen LogP contribution in [0, 0.1) is 30.0 Å². The van der Waals surface area contributed by atoms with E-state index >= 15 is 0 Å². The summed E-state index contributed by atoms with van der Waals surface area (Å²) in [7, 11) is -3.58. The number of sulfonamides is 1. The summed E-state index contributed by atoms with van der Waals surface area (Å²) in [4.78, 5) is 0.113. The molecule has 0 saturated carbocycles. The third kappa shape index (κ3) is 2.77. The smallest absolute Gasteiger partial charge is 0.207 e. The Morgan fingerprint density at radius 1 is 1.37 bits per heavy atom. The van der Waals surface area contributed by atoms with Crippen LogP contribution in [0.4, 0.5) is 4.39 Å². The fourth-order valence-corrected chi connectivity index (χ4v) is 3.71. The normalized spacial score (nSPS) is 18.2. The maximum absolute atomic E-state index is 13.2. The van der Waals surface area contributed by atoms with Gasteiger partial charge < -0.3 is 0 Å². The molecule has 1 aliphatic heterocycles. The van der Waals surface area contributed by atoms with Crippen molar-refractivity contribution in [2.45, 2.75) is 24.7 Å². The van der Waals surface area contributed by atoms with Gasteiger partial charge in [0, 0.05) is 19.0 Å². The highest BCUT2D eigenvalue weighted by Gasteiger charge is 2.29. The number of piperidine rings is 1. The van der Waals surface area contributed by atoms with E-state index in [1.165, 1.54) is 29.4 Å². The zero-order chi connectivity index (χ0) is 14.0. The number of hydrogen-bond donors (Lipinski definition) is 0. The first kappa shape index (κ1) is 14.0. The van der Waals surface area contributed by atoms with E-state index in [1.807, 2.05) is 0 Å². The molecule has 2 rings (SSSR count). The second-order valence-corrected chi connectivity index (χ2v) is 6.66. The SMILES string of the molecule is Cc1cc(S(=O)(=O)N2CCC(C#N)CC2)ccc1F. The Kier molecular flexibility index (Phi) is 3.88. The molecule has 0 N–H and O–H groups in total. The molecule has 6 heteroatoms. The van der Waals surface area contributed by atoms with Gasteiger partial charge in [-0.1, -0.05) is 0 Å². The van der Waals surface area contributed by atoms with Gasteiger partial charge in [-0.3, -0.25) is 0 Å². The Hall–Kier alpha value is -1.45. The molecular weight excluding hydrogens is 267 g/mol. The summed E-state index contributed by atoms with van der Waals surface area (Å²) in [5, 5.41) is 8.80. The van der Waals surface area contributed by atoms with Gasteiger partial charge in [-0.05, 0) is 43.5 Å². The number of benzene rings is 1. The van der Waals surface area contributed by atoms with Crippen molar-refractivity contribution in [2.75, 3.05) is 13.1 Å². The summed E-state index contributed by atoms with van der Waals surface area (Å²) >= 11 is 0. The van der Waals surface area contributed by atoms with E-state index in [2.05, 4.69) is 6.07 Å². The average Bonchev–Trinajstić information content (AvgIpc) is 2.41. The molecule has 1 saturated heterocycles. The molecule has 0 spiro atoms. The second kappa shape index (κ2) is 5.27. The monoisotopic (exact) mass is 282 g/mol. The Bertz CT molecular complexity index is 614. The van der Waals surface area contributed by atoms with E-state index in [0.29, 0.717) is 31.5 Å². The third-order valence-electron chi connectivity index (χ3n) is 3.40. The van der Waals surface area contributed by atoms with Gasteiger partial charge in [-0.15, -0.1) is 0 Å². The van der Waals surface area contributed by atoms with E-state index < -0.39 is 15.8 Å². The molecule has 0 aromatic heterocycles. The van der Waals surface area contributed by atoms with Gasteiger partial charge in [0.25, 0.3) is 0 Å². The molecule has 1 aromatic carbocycles. The molecule has 0 aliphatic carbocycles. The molecule has 4 nitrogen and oxygen atoms in total. The third-order valence-corrected chi connectivity index (χ3v) is 5.30. The minimum absolute atomic E-state index is 0.0681. The van der Waals surface area contributed by atoms with Crippen molar-refractivity contribution in [2.24, 2.45) is 5.92 Å². The number of hydrogen-bond acceptors (Lipinski definition) is 3. The first-order chi connectivity index (χ1) is 8.95. The summed E-state index contributed by atoms with van der Waals surface area (Å²) < 4.78 is 39.3. The zero-order valence-corrected chi connectivity index (χ0v) is 11.5. The first-order valence-corrected chi connectivity index (χ1v) is 7.55. The first-order valence-electron chi connectivity index (χ1n) is 6.11. The van der Waals surface area contributed by atoms with Crippen LogP contribution < -0.4 is 0 Å². The minimum atomic E-state index is -3.58. The lowest BCUT2D eigenvalue weighted by molar-refractivity contribution is 0.310. The quantitative estimate of drug-likeness (QED) is 0.834. The van der Waals surface area contributed by atoms with Crippen LogP contribution in [-0.2, 0) is 10.0 Å². The molecule has 19 heavy (non-hydrogen) atoms. The highest BCUT2D eigenvalue weighted by Crippen LogP contribution is 2.24. The zero-order valence-electron chi connectivity index (χ0n) is 10.6. The van der Waals surface area contributed by atoms with Gasteiger partial charge in [0.1, 0.15) is 5.82 Å². The molecule has 0 atom stereocenters. The Morgan fingerprint density at radius 3 is 2.53 bits per heavy atom. The van der Waals surface area contributed by atoms with E-state index in [-0.39, 0.29) is 10.8 Å². The topological polar surface area (TPSA) is 61.2 Å². The van der Waals surface area contributed by atoms with Crippen molar-refractivity contribution in [3.63, 3.8) is 0 Å². The van der Waals surface area contributed by atoms with E-state index in [1.54, 1.807) is 0 Å². The Morgan fingerprint density at radius 2 is 2.00 bits per heavy atom. The largest absolute Gasteiger partial charge is 0.243 e. The van der Waals surface area contributed by atoms with Gasteiger partial charge in [0.05, 0.1) is 11.0 Å². The maximum atomic E-state index is 13.2. The highest BCUT2D eigenvalue weighted by atomic mass is 32.2. The number of nitriles is 1. The van der Waals surface area contributed by atoms with Crippen molar-refractivity contribution in [3.05, 3.63) is 29.6 Å². The molecule has 1 aromatic rings. The maximum Gasteiger partial charge on any atom is 0.243 e. The van der Waals surface area contributed by atoms with Crippen molar-refractivity contribution < 1.29 is 12.8 Å². The highest BCUT2D eigenvalue weighted by molar-refractivity contribution is 7.89. The molecule has 0 unspecified atom stereocenters. The average molecular weight is 282 g/mol. The number of halogens is 1. The summed E-state index contributed by atoms with van der Waals surface area (Å²) in [6.45, 7) is 2.23. The van der Waals surface area contributed by atoms with Crippen LogP contribution in [0.15, 0.2) is 23.1 Å². The van der Waals surface area contributed by atoms with Crippen LogP contribution in [0.3, 0.4) is 0 Å². The van der Waals surface area contributed by atoms with Crippen LogP contribution in [0.5, 0.6) is 0 Å². The second-order valence-electron chi connectivity index (χ2n) is 4.72. The van der Waals surface area contributed by atoms with Crippen LogP contribution in [0.25, 0.3) is 0 Å². The predicted octanol–water partition coefficient (Wildman–Crippen LogP) is 2.06. The van der Waals surface area contributed by atoms with Gasteiger partial charge >= 0.3 is 0 Å². The lowest BCUT2D eigenvalue weighted by Gasteiger charge is -2.28. The molecular formula is C13H15FN2O2S. The van der Waals surface area contributed by atoms with Crippen LogP contribution in [0.2, 0.25) is 0 Å². The molecule has 1 heterocycles. The van der Waals surface area contributed by atoms with Gasteiger partial charge in [0.15, 0.2) is 0 Å². The molecule has 102 valence electrons. The fraction of sp³-hybridized carbons (Fsp3) is 0.462. The van der Waals surface area contributed by atoms with Crippen molar-refractivity contribution in [1.82, 2.24) is 4.31 Å². The predicted molar refractivity (Wildman–Crippen MR) is 68.2 cm³/mol. The number of rotatable bonds is 2. The van der Waals surface area contributed by atoms with Gasteiger partial charge in [0.2, 0.25) is 10.0 Å². The van der Waals surface area contributed by atoms with E-state index in [0.717, 1.165) is 0 Å². The van der Waals surface area contributed by atoms with Crippen LogP contribution in [-0.4, -0.2) is 25.8 Å². The van der Waals surface area contributed by atoms with Crippen molar-refractivity contribution in [1.29, 1.82) is 5.26 Å². The van der Waals surface area contributed by atoms with Crippen LogP contribution >= 0.6 is 0 Å². The molecule has 0 amide bonds. The van der Waals surface area contributed by atoms with Gasteiger partial charge in [-0.25, -0.2) is 12.8 Å². The summed E-state index contributed by atoms with van der Waals surface area (Å²) in [6, 6.07) is 5.97. The fourth-order valence-electron chi connectivity index (χ4n) is 2.15. The molecule has 0 bridgehead atoms. The summed E-state index contributed by atoms with van der Waals surface area (Å²) in [5.74, 6) is -0.483. The summed E-state index contributed by atoms with van der Waals surface area (Å²) in [5.41, 5.74) is 0.313. The van der Waals surface area contributed by atoms with Gasteiger partial charge in [-0.2, -0.15) is 9.57 Å². The summed E-state index contributed by atoms with van der Waals surface area (Å²) in [6.07, 6.45) is 1.10. The Labute approximate surface area is 112 Å². The van der Waals surface area contributed by atoms with E-state index in [4.69, 9.17) is 5.26 Å². The molecule has 1 aliphatic rings. The lowest BCUT2D eigenvalue weighted by Crippen LogP contribution is -2.38. The standard InChI is InChI=1S/C13H15FN2O2S/c1-10-8-12(2-3-13(10)14)19(17,18)16-6-4-11(9-15)5-7-16/h2-3,8,11H,4-7H2,1H3. The molecule has 1 fully saturated rings. The molecule has 0 radical (unpaired) electrons. The minimum Gasteiger partial charge on any atom is -0.207 e.